The molecule has 0 aromatic rings. The maximum absolute atomic E-state index is 12.3. The minimum atomic E-state index is -0.486. The first kappa shape index (κ1) is 19.7. The highest BCUT2D eigenvalue weighted by molar-refractivity contribution is 5.78. The number of nitrogens with one attached hydrogen (secondary N) is 1. The molecule has 0 saturated carbocycles. The zero-order valence-electron chi connectivity index (χ0n) is 15.5. The smallest absolute Gasteiger partial charge is 0.410 e. The summed E-state index contributed by atoms with van der Waals surface area (Å²) >= 11 is 0. The number of nitrogens with zero attached hydrogens (tertiary/aromatic N) is 2. The largest absolute Gasteiger partial charge is 0.444 e. The second-order valence-corrected chi connectivity index (χ2v) is 7.49. The van der Waals surface area contributed by atoms with Crippen LogP contribution in [-0.4, -0.2) is 66.2 Å². The molecule has 1 unspecified atom stereocenters. The van der Waals surface area contributed by atoms with Crippen LogP contribution < -0.4 is 5.32 Å². The standard InChI is InChI=1S/C17H33N3O3/c1-7-14(13(2)3)18-12-15(21)19-8-10-20(11-9-19)16(22)23-17(4,5)6/h13-14,18H,7-12H2,1-6H3. The first-order valence-corrected chi connectivity index (χ1v) is 8.63. The summed E-state index contributed by atoms with van der Waals surface area (Å²) in [4.78, 5) is 27.8. The monoisotopic (exact) mass is 327 g/mol. The zero-order chi connectivity index (χ0) is 17.6. The second kappa shape index (κ2) is 8.52. The molecule has 1 aliphatic rings. The normalized spacial score (nSPS) is 17.3. The minimum Gasteiger partial charge on any atom is -0.444 e. The van der Waals surface area contributed by atoms with Gasteiger partial charge in [-0.1, -0.05) is 20.8 Å². The molecule has 0 aromatic carbocycles. The van der Waals surface area contributed by atoms with E-state index in [0.717, 1.165) is 6.42 Å². The number of carbonyl (C=O) groups is 2. The van der Waals surface area contributed by atoms with Crippen molar-refractivity contribution < 1.29 is 14.3 Å². The molecule has 23 heavy (non-hydrogen) atoms. The van der Waals surface area contributed by atoms with Crippen LogP contribution in [0.3, 0.4) is 0 Å². The third kappa shape index (κ3) is 6.77. The van der Waals surface area contributed by atoms with E-state index < -0.39 is 5.60 Å². The molecular formula is C17H33N3O3. The van der Waals surface area contributed by atoms with Crippen molar-refractivity contribution in [3.05, 3.63) is 0 Å². The summed E-state index contributed by atoms with van der Waals surface area (Å²) in [6, 6.07) is 0.363. The number of hydrogen-bond donors (Lipinski definition) is 1. The average Bonchev–Trinajstić information content (AvgIpc) is 2.45. The topological polar surface area (TPSA) is 61.9 Å². The van der Waals surface area contributed by atoms with Gasteiger partial charge in [0.2, 0.25) is 5.91 Å². The number of piperazine rings is 1. The summed E-state index contributed by atoms with van der Waals surface area (Å²) in [7, 11) is 0. The molecule has 1 aliphatic heterocycles. The van der Waals surface area contributed by atoms with Gasteiger partial charge in [0.05, 0.1) is 6.54 Å². The lowest BCUT2D eigenvalue weighted by Gasteiger charge is -2.36. The number of ether oxygens (including phenoxy) is 1. The fourth-order valence-electron chi connectivity index (χ4n) is 2.65. The van der Waals surface area contributed by atoms with Crippen LogP contribution in [0.2, 0.25) is 0 Å². The van der Waals surface area contributed by atoms with Gasteiger partial charge in [-0.15, -0.1) is 0 Å². The Bertz CT molecular complexity index is 396. The second-order valence-electron chi connectivity index (χ2n) is 7.49. The molecule has 1 heterocycles. The Morgan fingerprint density at radius 2 is 1.61 bits per heavy atom. The number of amides is 2. The molecule has 1 rings (SSSR count). The van der Waals surface area contributed by atoms with Gasteiger partial charge in [0.1, 0.15) is 5.60 Å². The lowest BCUT2D eigenvalue weighted by molar-refractivity contribution is -0.132. The predicted molar refractivity (Wildman–Crippen MR) is 91.3 cm³/mol. The molecule has 0 radical (unpaired) electrons. The van der Waals surface area contributed by atoms with Crippen LogP contribution in [0.4, 0.5) is 4.79 Å². The summed E-state index contributed by atoms with van der Waals surface area (Å²) in [6.45, 7) is 14.6. The molecular weight excluding hydrogens is 294 g/mol. The highest BCUT2D eigenvalue weighted by Crippen LogP contribution is 2.12. The Balaban J connectivity index is 2.38. The van der Waals surface area contributed by atoms with Gasteiger partial charge >= 0.3 is 6.09 Å². The Hall–Kier alpha value is -1.30. The molecule has 6 heteroatoms. The fourth-order valence-corrected chi connectivity index (χ4v) is 2.65. The van der Waals surface area contributed by atoms with Gasteiger partial charge in [-0.3, -0.25) is 4.79 Å². The van der Waals surface area contributed by atoms with E-state index in [9.17, 15) is 9.59 Å². The molecule has 1 N–H and O–H groups in total. The predicted octanol–water partition coefficient (Wildman–Crippen LogP) is 2.09. The average molecular weight is 327 g/mol. The van der Waals surface area contributed by atoms with Crippen LogP contribution >= 0.6 is 0 Å². The lowest BCUT2D eigenvalue weighted by atomic mass is 10.0. The number of carbonyl (C=O) groups excluding carboxylic acids is 2. The van der Waals surface area contributed by atoms with E-state index in [-0.39, 0.29) is 12.0 Å². The quantitative estimate of drug-likeness (QED) is 0.840. The summed E-state index contributed by atoms with van der Waals surface area (Å²) in [5.41, 5.74) is -0.486. The third-order valence-electron chi connectivity index (χ3n) is 4.04. The van der Waals surface area contributed by atoms with Gasteiger partial charge in [0.25, 0.3) is 0 Å². The van der Waals surface area contributed by atoms with Gasteiger partial charge in [-0.2, -0.15) is 0 Å². The van der Waals surface area contributed by atoms with Gasteiger partial charge in [-0.05, 0) is 33.1 Å². The molecule has 1 saturated heterocycles. The highest BCUT2D eigenvalue weighted by atomic mass is 16.6. The van der Waals surface area contributed by atoms with Crippen molar-refractivity contribution in [1.82, 2.24) is 15.1 Å². The van der Waals surface area contributed by atoms with Crippen LogP contribution in [0.15, 0.2) is 0 Å². The Morgan fingerprint density at radius 1 is 1.09 bits per heavy atom. The zero-order valence-corrected chi connectivity index (χ0v) is 15.5. The Kier molecular flexibility index (Phi) is 7.32. The van der Waals surface area contributed by atoms with E-state index in [0.29, 0.717) is 44.7 Å². The number of rotatable bonds is 5. The first-order chi connectivity index (χ1) is 10.6. The van der Waals surface area contributed by atoms with Crippen molar-refractivity contribution in [1.29, 1.82) is 0 Å². The summed E-state index contributed by atoms with van der Waals surface area (Å²) in [5.74, 6) is 0.616. The van der Waals surface area contributed by atoms with E-state index in [4.69, 9.17) is 4.74 Å². The molecule has 0 aromatic heterocycles. The Morgan fingerprint density at radius 3 is 2.04 bits per heavy atom. The molecule has 2 amide bonds. The first-order valence-electron chi connectivity index (χ1n) is 8.63. The van der Waals surface area contributed by atoms with Crippen LogP contribution in [-0.2, 0) is 9.53 Å². The maximum atomic E-state index is 12.3. The summed E-state index contributed by atoms with van der Waals surface area (Å²) in [6.07, 6.45) is 0.714. The molecule has 134 valence electrons. The van der Waals surface area contributed by atoms with Gasteiger partial charge in [0.15, 0.2) is 0 Å². The van der Waals surface area contributed by atoms with Crippen LogP contribution in [0, 0.1) is 5.92 Å². The van der Waals surface area contributed by atoms with Gasteiger partial charge in [-0.25, -0.2) is 4.79 Å². The van der Waals surface area contributed by atoms with Gasteiger partial charge in [0, 0.05) is 32.2 Å². The van der Waals surface area contributed by atoms with Crippen LogP contribution in [0.5, 0.6) is 0 Å². The molecule has 1 atom stereocenters. The van der Waals surface area contributed by atoms with E-state index >= 15 is 0 Å². The molecule has 0 aliphatic carbocycles. The lowest BCUT2D eigenvalue weighted by Crippen LogP contribution is -2.53. The maximum Gasteiger partial charge on any atom is 0.410 e. The number of hydrogen-bond acceptors (Lipinski definition) is 4. The van der Waals surface area contributed by atoms with Crippen molar-refractivity contribution in [2.75, 3.05) is 32.7 Å². The molecule has 1 fully saturated rings. The summed E-state index contributed by atoms with van der Waals surface area (Å²) < 4.78 is 5.36. The highest BCUT2D eigenvalue weighted by Gasteiger charge is 2.27. The van der Waals surface area contributed by atoms with E-state index in [1.54, 1.807) is 4.90 Å². The minimum absolute atomic E-state index is 0.105. The van der Waals surface area contributed by atoms with E-state index in [1.807, 2.05) is 25.7 Å². The van der Waals surface area contributed by atoms with Gasteiger partial charge < -0.3 is 19.9 Å². The van der Waals surface area contributed by atoms with Crippen molar-refractivity contribution in [3.63, 3.8) is 0 Å². The SMILES string of the molecule is CCC(NCC(=O)N1CCN(C(=O)OC(C)(C)C)CC1)C(C)C. The van der Waals surface area contributed by atoms with Crippen molar-refractivity contribution in [2.45, 2.75) is 59.6 Å². The van der Waals surface area contributed by atoms with E-state index in [1.165, 1.54) is 0 Å². The molecule has 6 nitrogen and oxygen atoms in total. The van der Waals surface area contributed by atoms with Crippen LogP contribution in [0.1, 0.15) is 48.0 Å². The van der Waals surface area contributed by atoms with Crippen molar-refractivity contribution >= 4 is 12.0 Å². The molecule has 0 spiro atoms. The molecule has 0 bridgehead atoms. The van der Waals surface area contributed by atoms with Crippen molar-refractivity contribution in [3.8, 4) is 0 Å². The van der Waals surface area contributed by atoms with Crippen molar-refractivity contribution in [2.24, 2.45) is 5.92 Å². The summed E-state index contributed by atoms with van der Waals surface area (Å²) in [5, 5.41) is 3.33. The Labute approximate surface area is 140 Å². The van der Waals surface area contributed by atoms with Crippen LogP contribution in [0.25, 0.3) is 0 Å². The fraction of sp³-hybridized carbons (Fsp3) is 0.882. The third-order valence-corrected chi connectivity index (χ3v) is 4.04. The van der Waals surface area contributed by atoms with E-state index in [2.05, 4.69) is 26.1 Å².